The van der Waals surface area contributed by atoms with Crippen molar-refractivity contribution in [1.29, 1.82) is 0 Å². The van der Waals surface area contributed by atoms with Crippen LogP contribution in [0, 0.1) is 5.82 Å². The predicted octanol–water partition coefficient (Wildman–Crippen LogP) is 4.78. The molecule has 2 nitrogen and oxygen atoms in total. The van der Waals surface area contributed by atoms with Crippen molar-refractivity contribution < 1.29 is 13.9 Å². The van der Waals surface area contributed by atoms with Gasteiger partial charge < -0.3 is 9.47 Å². The molecule has 21 heavy (non-hydrogen) atoms. The van der Waals surface area contributed by atoms with Crippen molar-refractivity contribution in [2.45, 2.75) is 19.3 Å². The van der Waals surface area contributed by atoms with Crippen molar-refractivity contribution in [2.75, 3.05) is 14.2 Å². The molecule has 0 bridgehead atoms. The van der Waals surface area contributed by atoms with Crippen LogP contribution in [-0.2, 0) is 12.8 Å². The number of hydrogen-bond donors (Lipinski definition) is 0. The zero-order valence-electron chi connectivity index (χ0n) is 12.2. The second kappa shape index (κ2) is 7.46. The second-order valence-corrected chi connectivity index (χ2v) is 5.65. The zero-order chi connectivity index (χ0) is 15.2. The fraction of sp³-hybridized carbons (Fsp3) is 0.294. The number of benzene rings is 2. The summed E-state index contributed by atoms with van der Waals surface area (Å²) in [6, 6.07) is 11.5. The summed E-state index contributed by atoms with van der Waals surface area (Å²) >= 11 is 3.33. The fourth-order valence-electron chi connectivity index (χ4n) is 2.24. The van der Waals surface area contributed by atoms with E-state index in [9.17, 15) is 4.39 Å². The summed E-state index contributed by atoms with van der Waals surface area (Å²) in [4.78, 5) is 0. The van der Waals surface area contributed by atoms with Crippen LogP contribution in [0.2, 0.25) is 0 Å². The maximum atomic E-state index is 13.8. The molecule has 2 rings (SSSR count). The van der Waals surface area contributed by atoms with Crippen molar-refractivity contribution in [3.8, 4) is 11.5 Å². The Hall–Kier alpha value is -1.55. The summed E-state index contributed by atoms with van der Waals surface area (Å²) in [5.41, 5.74) is 2.22. The van der Waals surface area contributed by atoms with E-state index in [4.69, 9.17) is 9.47 Å². The molecule has 0 aliphatic heterocycles. The van der Waals surface area contributed by atoms with Gasteiger partial charge in [0.25, 0.3) is 0 Å². The molecule has 0 aromatic heterocycles. The monoisotopic (exact) mass is 352 g/mol. The molecule has 0 aliphatic rings. The first-order valence-corrected chi connectivity index (χ1v) is 7.58. The summed E-state index contributed by atoms with van der Waals surface area (Å²) in [6.45, 7) is 0. The van der Waals surface area contributed by atoms with Crippen LogP contribution in [0.5, 0.6) is 11.5 Å². The van der Waals surface area contributed by atoms with Crippen LogP contribution in [0.1, 0.15) is 17.5 Å². The summed E-state index contributed by atoms with van der Waals surface area (Å²) in [5, 5.41) is 0. The number of hydrogen-bond acceptors (Lipinski definition) is 2. The molecule has 2 aromatic carbocycles. The average molecular weight is 353 g/mol. The molecule has 0 unspecified atom stereocenters. The Kier molecular flexibility index (Phi) is 5.62. The van der Waals surface area contributed by atoms with E-state index in [1.807, 2.05) is 18.2 Å². The molecule has 0 spiro atoms. The molecule has 0 atom stereocenters. The van der Waals surface area contributed by atoms with Crippen molar-refractivity contribution in [1.82, 2.24) is 0 Å². The van der Waals surface area contributed by atoms with Crippen LogP contribution in [0.15, 0.2) is 40.9 Å². The van der Waals surface area contributed by atoms with E-state index in [0.29, 0.717) is 4.47 Å². The van der Waals surface area contributed by atoms with Gasteiger partial charge in [0.1, 0.15) is 5.75 Å². The van der Waals surface area contributed by atoms with Crippen molar-refractivity contribution in [3.63, 3.8) is 0 Å². The lowest BCUT2D eigenvalue weighted by Gasteiger charge is -2.08. The SMILES string of the molecule is COc1ccc(CCCc2cc(F)c(OC)c(Br)c2)cc1. The smallest absolute Gasteiger partial charge is 0.168 e. The van der Waals surface area contributed by atoms with Crippen LogP contribution in [0.3, 0.4) is 0 Å². The maximum Gasteiger partial charge on any atom is 0.168 e. The highest BCUT2D eigenvalue weighted by Crippen LogP contribution is 2.29. The van der Waals surface area contributed by atoms with Gasteiger partial charge in [-0.15, -0.1) is 0 Å². The summed E-state index contributed by atoms with van der Waals surface area (Å²) in [6.07, 6.45) is 2.74. The molecule has 0 amide bonds. The number of methoxy groups -OCH3 is 2. The zero-order valence-corrected chi connectivity index (χ0v) is 13.7. The molecular weight excluding hydrogens is 335 g/mol. The van der Waals surface area contributed by atoms with Crippen LogP contribution in [0.25, 0.3) is 0 Å². The molecule has 0 N–H and O–H groups in total. The van der Waals surface area contributed by atoms with Gasteiger partial charge in [0.05, 0.1) is 18.7 Å². The molecule has 0 radical (unpaired) electrons. The van der Waals surface area contributed by atoms with E-state index in [2.05, 4.69) is 28.1 Å². The van der Waals surface area contributed by atoms with Crippen molar-refractivity contribution >= 4 is 15.9 Å². The average Bonchev–Trinajstić information content (AvgIpc) is 2.48. The Morgan fingerprint density at radius 1 is 0.952 bits per heavy atom. The molecule has 0 fully saturated rings. The highest BCUT2D eigenvalue weighted by molar-refractivity contribution is 9.10. The molecule has 4 heteroatoms. The summed E-state index contributed by atoms with van der Waals surface area (Å²) in [5.74, 6) is 0.792. The van der Waals surface area contributed by atoms with E-state index in [1.54, 1.807) is 7.11 Å². The second-order valence-electron chi connectivity index (χ2n) is 4.79. The minimum absolute atomic E-state index is 0.258. The predicted molar refractivity (Wildman–Crippen MR) is 85.7 cm³/mol. The van der Waals surface area contributed by atoms with Gasteiger partial charge in [-0.3, -0.25) is 0 Å². The lowest BCUT2D eigenvalue weighted by Crippen LogP contribution is -1.95. The van der Waals surface area contributed by atoms with Gasteiger partial charge in [-0.25, -0.2) is 4.39 Å². The normalized spacial score (nSPS) is 10.5. The highest BCUT2D eigenvalue weighted by atomic mass is 79.9. The van der Waals surface area contributed by atoms with E-state index in [-0.39, 0.29) is 11.6 Å². The van der Waals surface area contributed by atoms with Gasteiger partial charge in [0, 0.05) is 0 Å². The first-order chi connectivity index (χ1) is 10.1. The Balaban J connectivity index is 1.93. The summed E-state index contributed by atoms with van der Waals surface area (Å²) in [7, 11) is 3.12. The number of aryl methyl sites for hydroxylation is 2. The largest absolute Gasteiger partial charge is 0.497 e. The quantitative estimate of drug-likeness (QED) is 0.744. The third-order valence-electron chi connectivity index (χ3n) is 3.35. The van der Waals surface area contributed by atoms with Crippen LogP contribution in [-0.4, -0.2) is 14.2 Å². The van der Waals surface area contributed by atoms with Crippen LogP contribution < -0.4 is 9.47 Å². The number of rotatable bonds is 6. The lowest BCUT2D eigenvalue weighted by atomic mass is 10.0. The minimum Gasteiger partial charge on any atom is -0.497 e. The highest BCUT2D eigenvalue weighted by Gasteiger charge is 2.09. The molecule has 2 aromatic rings. The minimum atomic E-state index is -0.327. The molecule has 112 valence electrons. The maximum absolute atomic E-state index is 13.8. The van der Waals surface area contributed by atoms with E-state index in [0.717, 1.165) is 30.6 Å². The number of ether oxygens (including phenoxy) is 2. The van der Waals surface area contributed by atoms with E-state index in [1.165, 1.54) is 18.7 Å². The van der Waals surface area contributed by atoms with Crippen LogP contribution in [0.4, 0.5) is 4.39 Å². The standard InChI is InChI=1S/C17H18BrFO2/c1-20-14-8-6-12(7-9-14)4-3-5-13-10-15(18)17(21-2)16(19)11-13/h6-11H,3-5H2,1-2H3. The fourth-order valence-corrected chi connectivity index (χ4v) is 2.89. The summed E-state index contributed by atoms with van der Waals surface area (Å²) < 4.78 is 24.6. The van der Waals surface area contributed by atoms with Gasteiger partial charge in [0.2, 0.25) is 0 Å². The van der Waals surface area contributed by atoms with Crippen LogP contribution >= 0.6 is 15.9 Å². The molecule has 0 saturated carbocycles. The van der Waals surface area contributed by atoms with Gasteiger partial charge >= 0.3 is 0 Å². The topological polar surface area (TPSA) is 18.5 Å². The first-order valence-electron chi connectivity index (χ1n) is 6.79. The molecule has 0 saturated heterocycles. The molecule has 0 aliphatic carbocycles. The van der Waals surface area contributed by atoms with Crippen molar-refractivity contribution in [3.05, 3.63) is 57.8 Å². The third kappa shape index (κ3) is 4.21. The van der Waals surface area contributed by atoms with Gasteiger partial charge in [0.15, 0.2) is 11.6 Å². The van der Waals surface area contributed by atoms with Gasteiger partial charge in [-0.1, -0.05) is 12.1 Å². The lowest BCUT2D eigenvalue weighted by molar-refractivity contribution is 0.383. The van der Waals surface area contributed by atoms with Crippen molar-refractivity contribution in [2.24, 2.45) is 0 Å². The van der Waals surface area contributed by atoms with E-state index < -0.39 is 0 Å². The third-order valence-corrected chi connectivity index (χ3v) is 3.94. The van der Waals surface area contributed by atoms with Gasteiger partial charge in [-0.2, -0.15) is 0 Å². The number of halogens is 2. The Labute approximate surface area is 133 Å². The Morgan fingerprint density at radius 3 is 2.19 bits per heavy atom. The molecular formula is C17H18BrFO2. The molecule has 0 heterocycles. The van der Waals surface area contributed by atoms with E-state index >= 15 is 0 Å². The first kappa shape index (κ1) is 15.8. The Bertz CT molecular complexity index is 573. The Morgan fingerprint density at radius 2 is 1.62 bits per heavy atom. The van der Waals surface area contributed by atoms with Gasteiger partial charge in [-0.05, 0) is 70.6 Å².